The smallest absolute Gasteiger partial charge is 0.119 e. The monoisotopic (exact) mass is 239 g/mol. The second-order valence-electron chi connectivity index (χ2n) is 3.64. The number of benzene rings is 1. The molecule has 2 N–H and O–H groups in total. The Morgan fingerprint density at radius 3 is 2.88 bits per heavy atom. The molecule has 1 rings (SSSR count). The summed E-state index contributed by atoms with van der Waals surface area (Å²) in [4.78, 5) is 0.484. The van der Waals surface area contributed by atoms with E-state index in [1.165, 1.54) is 0 Å². The minimum absolute atomic E-state index is 0.0451. The first-order valence-corrected chi connectivity index (χ1v) is 5.55. The van der Waals surface area contributed by atoms with E-state index in [9.17, 15) is 0 Å². The first-order valence-electron chi connectivity index (χ1n) is 5.14. The maximum Gasteiger partial charge on any atom is 0.119 e. The molecule has 0 radical (unpaired) electrons. The molecule has 0 saturated carbocycles. The lowest BCUT2D eigenvalue weighted by molar-refractivity contribution is 0.0581. The lowest BCUT2D eigenvalue weighted by atomic mass is 10.2. The fourth-order valence-electron chi connectivity index (χ4n) is 1.34. The molecule has 0 amide bonds. The van der Waals surface area contributed by atoms with Gasteiger partial charge in [0.05, 0.1) is 24.8 Å². The Morgan fingerprint density at radius 1 is 1.50 bits per heavy atom. The zero-order valence-electron chi connectivity index (χ0n) is 9.60. The standard InChI is InChI=1S/C12H17NO2S/c1-9(6-12(13)16)15-8-10-4-3-5-11(7-10)14-2/h3-5,7,9H,6,8H2,1-2H3,(H2,13,16). The molecule has 0 aliphatic rings. The van der Waals surface area contributed by atoms with Gasteiger partial charge in [-0.3, -0.25) is 0 Å². The van der Waals surface area contributed by atoms with Crippen LogP contribution in [-0.2, 0) is 11.3 Å². The summed E-state index contributed by atoms with van der Waals surface area (Å²) >= 11 is 4.82. The summed E-state index contributed by atoms with van der Waals surface area (Å²) in [5.74, 6) is 0.836. The fourth-order valence-corrected chi connectivity index (χ4v) is 1.58. The van der Waals surface area contributed by atoms with Crippen LogP contribution < -0.4 is 10.5 Å². The highest BCUT2D eigenvalue weighted by Crippen LogP contribution is 2.14. The molecular weight excluding hydrogens is 222 g/mol. The zero-order chi connectivity index (χ0) is 12.0. The Bertz CT molecular complexity index is 355. The number of rotatable bonds is 6. The summed E-state index contributed by atoms with van der Waals surface area (Å²) in [6.45, 7) is 2.50. The molecule has 16 heavy (non-hydrogen) atoms. The molecule has 1 aromatic carbocycles. The predicted octanol–water partition coefficient (Wildman–Crippen LogP) is 2.28. The van der Waals surface area contributed by atoms with E-state index in [0.29, 0.717) is 18.0 Å². The summed E-state index contributed by atoms with van der Waals surface area (Å²) in [6.07, 6.45) is 0.656. The van der Waals surface area contributed by atoms with Gasteiger partial charge in [0.1, 0.15) is 5.75 Å². The van der Waals surface area contributed by atoms with E-state index in [1.807, 2.05) is 31.2 Å². The Labute approximate surface area is 102 Å². The minimum Gasteiger partial charge on any atom is -0.497 e. The van der Waals surface area contributed by atoms with Crippen molar-refractivity contribution in [2.75, 3.05) is 7.11 Å². The van der Waals surface area contributed by atoms with Crippen molar-refractivity contribution in [3.05, 3.63) is 29.8 Å². The minimum atomic E-state index is 0.0451. The normalized spacial score (nSPS) is 12.1. The molecule has 88 valence electrons. The third-order valence-corrected chi connectivity index (χ3v) is 2.32. The number of thiocarbonyl (C=S) groups is 1. The van der Waals surface area contributed by atoms with E-state index in [0.717, 1.165) is 11.3 Å². The van der Waals surface area contributed by atoms with Crippen LogP contribution in [-0.4, -0.2) is 18.2 Å². The van der Waals surface area contributed by atoms with Crippen molar-refractivity contribution in [3.8, 4) is 5.75 Å². The predicted molar refractivity (Wildman–Crippen MR) is 68.6 cm³/mol. The fraction of sp³-hybridized carbons (Fsp3) is 0.417. The van der Waals surface area contributed by atoms with Crippen LogP contribution in [0.5, 0.6) is 5.75 Å². The number of hydrogen-bond donors (Lipinski definition) is 1. The molecule has 0 aliphatic carbocycles. The molecular formula is C12H17NO2S. The highest BCUT2D eigenvalue weighted by Gasteiger charge is 2.04. The molecule has 1 aromatic rings. The van der Waals surface area contributed by atoms with Crippen LogP contribution in [0, 0.1) is 0 Å². The van der Waals surface area contributed by atoms with Gasteiger partial charge < -0.3 is 15.2 Å². The van der Waals surface area contributed by atoms with Crippen LogP contribution in [0.15, 0.2) is 24.3 Å². The van der Waals surface area contributed by atoms with Gasteiger partial charge in [-0.25, -0.2) is 0 Å². The Morgan fingerprint density at radius 2 is 2.25 bits per heavy atom. The van der Waals surface area contributed by atoms with Gasteiger partial charge in [0.15, 0.2) is 0 Å². The third-order valence-electron chi connectivity index (χ3n) is 2.16. The zero-order valence-corrected chi connectivity index (χ0v) is 10.4. The molecule has 0 bridgehead atoms. The van der Waals surface area contributed by atoms with E-state index in [-0.39, 0.29) is 6.10 Å². The maximum atomic E-state index is 5.62. The van der Waals surface area contributed by atoms with Gasteiger partial charge in [-0.15, -0.1) is 0 Å². The SMILES string of the molecule is COc1cccc(COC(C)CC(N)=S)c1. The van der Waals surface area contributed by atoms with Gasteiger partial charge in [0.25, 0.3) is 0 Å². The van der Waals surface area contributed by atoms with Gasteiger partial charge in [0.2, 0.25) is 0 Å². The molecule has 0 heterocycles. The summed E-state index contributed by atoms with van der Waals surface area (Å²) in [5, 5.41) is 0. The van der Waals surface area contributed by atoms with Crippen molar-refractivity contribution < 1.29 is 9.47 Å². The quantitative estimate of drug-likeness (QED) is 0.773. The Kier molecular flexibility index (Phi) is 5.22. The second kappa shape index (κ2) is 6.45. The molecule has 3 nitrogen and oxygen atoms in total. The molecule has 0 saturated heterocycles. The van der Waals surface area contributed by atoms with E-state index >= 15 is 0 Å². The first-order chi connectivity index (χ1) is 7.61. The lowest BCUT2D eigenvalue weighted by Crippen LogP contribution is -2.18. The second-order valence-corrected chi connectivity index (χ2v) is 4.17. The summed E-state index contributed by atoms with van der Waals surface area (Å²) in [7, 11) is 1.65. The van der Waals surface area contributed by atoms with Crippen molar-refractivity contribution in [2.24, 2.45) is 5.73 Å². The Balaban J connectivity index is 2.44. The molecule has 0 spiro atoms. The van der Waals surface area contributed by atoms with Crippen LogP contribution in [0.25, 0.3) is 0 Å². The van der Waals surface area contributed by atoms with E-state index in [2.05, 4.69) is 0 Å². The molecule has 1 atom stereocenters. The molecule has 4 heteroatoms. The average molecular weight is 239 g/mol. The largest absolute Gasteiger partial charge is 0.497 e. The molecule has 0 aromatic heterocycles. The highest BCUT2D eigenvalue weighted by atomic mass is 32.1. The van der Waals surface area contributed by atoms with Crippen molar-refractivity contribution in [2.45, 2.75) is 26.1 Å². The first kappa shape index (κ1) is 12.9. The van der Waals surface area contributed by atoms with Crippen molar-refractivity contribution in [1.29, 1.82) is 0 Å². The third kappa shape index (κ3) is 4.59. The summed E-state index contributed by atoms with van der Waals surface area (Å²) in [6, 6.07) is 7.79. The summed E-state index contributed by atoms with van der Waals surface area (Å²) in [5.41, 5.74) is 6.52. The lowest BCUT2D eigenvalue weighted by Gasteiger charge is -2.12. The van der Waals surface area contributed by atoms with Gasteiger partial charge >= 0.3 is 0 Å². The van der Waals surface area contributed by atoms with Crippen molar-refractivity contribution in [3.63, 3.8) is 0 Å². The molecule has 1 unspecified atom stereocenters. The van der Waals surface area contributed by atoms with Crippen LogP contribution in [0.3, 0.4) is 0 Å². The highest BCUT2D eigenvalue weighted by molar-refractivity contribution is 7.80. The number of ether oxygens (including phenoxy) is 2. The molecule has 0 aliphatic heterocycles. The number of nitrogens with two attached hydrogens (primary N) is 1. The summed E-state index contributed by atoms with van der Waals surface area (Å²) < 4.78 is 10.7. The Hall–Kier alpha value is -1.13. The van der Waals surface area contributed by atoms with Gasteiger partial charge in [0, 0.05) is 6.42 Å². The van der Waals surface area contributed by atoms with E-state index in [1.54, 1.807) is 7.11 Å². The van der Waals surface area contributed by atoms with Gasteiger partial charge in [-0.05, 0) is 24.6 Å². The van der Waals surface area contributed by atoms with Crippen molar-refractivity contribution >= 4 is 17.2 Å². The van der Waals surface area contributed by atoms with Crippen LogP contribution in [0.4, 0.5) is 0 Å². The average Bonchev–Trinajstić information content (AvgIpc) is 2.26. The van der Waals surface area contributed by atoms with Crippen molar-refractivity contribution in [1.82, 2.24) is 0 Å². The van der Waals surface area contributed by atoms with Crippen LogP contribution in [0.1, 0.15) is 18.9 Å². The van der Waals surface area contributed by atoms with E-state index < -0.39 is 0 Å². The van der Waals surface area contributed by atoms with E-state index in [4.69, 9.17) is 27.4 Å². The van der Waals surface area contributed by atoms with Gasteiger partial charge in [-0.1, -0.05) is 24.4 Å². The van der Waals surface area contributed by atoms with Gasteiger partial charge in [-0.2, -0.15) is 0 Å². The topological polar surface area (TPSA) is 44.5 Å². The number of hydrogen-bond acceptors (Lipinski definition) is 3. The molecule has 0 fully saturated rings. The van der Waals surface area contributed by atoms with Crippen LogP contribution >= 0.6 is 12.2 Å². The van der Waals surface area contributed by atoms with Crippen LogP contribution in [0.2, 0.25) is 0 Å². The number of methoxy groups -OCH3 is 1. The maximum absolute atomic E-state index is 5.62.